The summed E-state index contributed by atoms with van der Waals surface area (Å²) >= 11 is 0. The molecule has 0 spiro atoms. The van der Waals surface area contributed by atoms with E-state index in [4.69, 9.17) is 0 Å². The van der Waals surface area contributed by atoms with Gasteiger partial charge >= 0.3 is 0 Å². The van der Waals surface area contributed by atoms with E-state index in [1.807, 2.05) is 13.0 Å². The lowest BCUT2D eigenvalue weighted by Crippen LogP contribution is -2.23. The number of hydrogen-bond donors (Lipinski definition) is 2. The zero-order valence-corrected chi connectivity index (χ0v) is 10.4. The molecular formula is C14H21FN2. The molecule has 1 fully saturated rings. The van der Waals surface area contributed by atoms with Crippen molar-refractivity contribution >= 4 is 0 Å². The maximum atomic E-state index is 13.4. The number of rotatable bonds is 7. The van der Waals surface area contributed by atoms with E-state index in [9.17, 15) is 4.39 Å². The first-order chi connectivity index (χ1) is 8.25. The Morgan fingerprint density at radius 2 is 2.12 bits per heavy atom. The Balaban J connectivity index is 1.61. The summed E-state index contributed by atoms with van der Waals surface area (Å²) in [5.41, 5.74) is 1.87. The fourth-order valence-corrected chi connectivity index (χ4v) is 1.87. The van der Waals surface area contributed by atoms with Gasteiger partial charge in [-0.3, -0.25) is 0 Å². The number of hydrogen-bond acceptors (Lipinski definition) is 2. The highest BCUT2D eigenvalue weighted by atomic mass is 19.1. The van der Waals surface area contributed by atoms with Crippen molar-refractivity contribution in [3.05, 3.63) is 35.1 Å². The fourth-order valence-electron chi connectivity index (χ4n) is 1.87. The van der Waals surface area contributed by atoms with Crippen LogP contribution < -0.4 is 10.6 Å². The normalized spacial score (nSPS) is 15.2. The molecule has 2 N–H and O–H groups in total. The predicted molar refractivity (Wildman–Crippen MR) is 68.5 cm³/mol. The summed E-state index contributed by atoms with van der Waals surface area (Å²) in [6, 6.07) is 6.04. The van der Waals surface area contributed by atoms with Gasteiger partial charge in [0.25, 0.3) is 0 Å². The molecule has 0 heterocycles. The molecule has 0 bridgehead atoms. The van der Waals surface area contributed by atoms with Gasteiger partial charge in [0.15, 0.2) is 0 Å². The lowest BCUT2D eigenvalue weighted by atomic mass is 10.1. The van der Waals surface area contributed by atoms with Gasteiger partial charge in [-0.2, -0.15) is 0 Å². The van der Waals surface area contributed by atoms with Crippen LogP contribution in [0.2, 0.25) is 0 Å². The van der Waals surface area contributed by atoms with E-state index in [1.165, 1.54) is 12.8 Å². The molecule has 0 aromatic heterocycles. The monoisotopic (exact) mass is 236 g/mol. The molecule has 1 aromatic rings. The summed E-state index contributed by atoms with van der Waals surface area (Å²) in [5.74, 6) is -0.112. The smallest absolute Gasteiger partial charge is 0.127 e. The van der Waals surface area contributed by atoms with Gasteiger partial charge in [-0.15, -0.1) is 0 Å². The third-order valence-electron chi connectivity index (χ3n) is 3.06. The van der Waals surface area contributed by atoms with Crippen LogP contribution in [0.1, 0.15) is 30.4 Å². The van der Waals surface area contributed by atoms with Crippen molar-refractivity contribution in [2.45, 2.75) is 38.8 Å². The van der Waals surface area contributed by atoms with Crippen LogP contribution in [0, 0.1) is 12.7 Å². The Labute approximate surface area is 103 Å². The first-order valence-corrected chi connectivity index (χ1v) is 6.45. The largest absolute Gasteiger partial charge is 0.314 e. The van der Waals surface area contributed by atoms with Crippen LogP contribution in [0.4, 0.5) is 4.39 Å². The van der Waals surface area contributed by atoms with Crippen molar-refractivity contribution in [3.63, 3.8) is 0 Å². The minimum absolute atomic E-state index is 0.112. The Morgan fingerprint density at radius 1 is 1.29 bits per heavy atom. The van der Waals surface area contributed by atoms with Gasteiger partial charge in [-0.1, -0.05) is 17.7 Å². The van der Waals surface area contributed by atoms with Gasteiger partial charge < -0.3 is 10.6 Å². The fraction of sp³-hybridized carbons (Fsp3) is 0.571. The zero-order chi connectivity index (χ0) is 12.1. The highest BCUT2D eigenvalue weighted by Gasteiger charge is 2.19. The number of halogens is 1. The highest BCUT2D eigenvalue weighted by Crippen LogP contribution is 2.18. The number of aryl methyl sites for hydroxylation is 1. The lowest BCUT2D eigenvalue weighted by molar-refractivity contribution is 0.566. The predicted octanol–water partition coefficient (Wildman–Crippen LogP) is 2.37. The average Bonchev–Trinajstić information content (AvgIpc) is 3.11. The second-order valence-electron chi connectivity index (χ2n) is 4.85. The van der Waals surface area contributed by atoms with Gasteiger partial charge in [0, 0.05) is 18.2 Å². The molecule has 1 aromatic carbocycles. The summed E-state index contributed by atoms with van der Waals surface area (Å²) in [5, 5.41) is 6.75. The summed E-state index contributed by atoms with van der Waals surface area (Å²) in [6.45, 7) is 4.61. The second kappa shape index (κ2) is 6.12. The maximum absolute atomic E-state index is 13.4. The van der Waals surface area contributed by atoms with Crippen molar-refractivity contribution in [2.75, 3.05) is 13.1 Å². The molecule has 94 valence electrons. The molecular weight excluding hydrogens is 215 g/mol. The summed E-state index contributed by atoms with van der Waals surface area (Å²) < 4.78 is 13.4. The Kier molecular flexibility index (Phi) is 4.51. The first-order valence-electron chi connectivity index (χ1n) is 6.45. The minimum atomic E-state index is -0.112. The van der Waals surface area contributed by atoms with Crippen LogP contribution in [0.5, 0.6) is 0 Å². The van der Waals surface area contributed by atoms with Crippen molar-refractivity contribution in [2.24, 2.45) is 0 Å². The molecule has 1 aliphatic carbocycles. The molecule has 0 atom stereocenters. The molecule has 0 amide bonds. The van der Waals surface area contributed by atoms with E-state index in [1.54, 1.807) is 12.1 Å². The maximum Gasteiger partial charge on any atom is 0.127 e. The van der Waals surface area contributed by atoms with Crippen LogP contribution in [0.3, 0.4) is 0 Å². The summed E-state index contributed by atoms with van der Waals surface area (Å²) in [4.78, 5) is 0. The molecule has 2 rings (SSSR count). The van der Waals surface area contributed by atoms with Gasteiger partial charge in [-0.25, -0.2) is 4.39 Å². The van der Waals surface area contributed by atoms with E-state index in [2.05, 4.69) is 10.6 Å². The van der Waals surface area contributed by atoms with Gasteiger partial charge in [0.05, 0.1) is 0 Å². The van der Waals surface area contributed by atoms with E-state index >= 15 is 0 Å². The van der Waals surface area contributed by atoms with Crippen molar-refractivity contribution in [1.82, 2.24) is 10.6 Å². The van der Waals surface area contributed by atoms with E-state index < -0.39 is 0 Å². The van der Waals surface area contributed by atoms with E-state index in [0.717, 1.165) is 36.7 Å². The van der Waals surface area contributed by atoms with Crippen LogP contribution in [0.15, 0.2) is 18.2 Å². The molecule has 3 heteroatoms. The highest BCUT2D eigenvalue weighted by molar-refractivity contribution is 5.23. The van der Waals surface area contributed by atoms with Crippen LogP contribution >= 0.6 is 0 Å². The average molecular weight is 236 g/mol. The topological polar surface area (TPSA) is 24.1 Å². The molecule has 0 saturated heterocycles. The van der Waals surface area contributed by atoms with Gasteiger partial charge in [0.1, 0.15) is 5.82 Å². The molecule has 1 saturated carbocycles. The van der Waals surface area contributed by atoms with Gasteiger partial charge in [0.2, 0.25) is 0 Å². The van der Waals surface area contributed by atoms with E-state index in [-0.39, 0.29) is 5.82 Å². The molecule has 1 aliphatic rings. The third kappa shape index (κ3) is 4.44. The van der Waals surface area contributed by atoms with Crippen LogP contribution in [0.25, 0.3) is 0 Å². The van der Waals surface area contributed by atoms with Gasteiger partial charge in [-0.05, 0) is 45.3 Å². The van der Waals surface area contributed by atoms with E-state index in [0.29, 0.717) is 6.54 Å². The molecule has 17 heavy (non-hydrogen) atoms. The molecule has 0 aliphatic heterocycles. The number of benzene rings is 1. The summed E-state index contributed by atoms with van der Waals surface area (Å²) in [6.07, 6.45) is 3.77. The third-order valence-corrected chi connectivity index (χ3v) is 3.06. The van der Waals surface area contributed by atoms with Crippen molar-refractivity contribution in [3.8, 4) is 0 Å². The van der Waals surface area contributed by atoms with Crippen LogP contribution in [-0.4, -0.2) is 19.1 Å². The second-order valence-corrected chi connectivity index (χ2v) is 4.85. The Hall–Kier alpha value is -0.930. The lowest BCUT2D eigenvalue weighted by Gasteiger charge is -2.07. The molecule has 0 unspecified atom stereocenters. The SMILES string of the molecule is Cc1ccc(F)c(CNCCCNC2CC2)c1. The van der Waals surface area contributed by atoms with Crippen LogP contribution in [-0.2, 0) is 6.54 Å². The Bertz CT molecular complexity index is 361. The summed E-state index contributed by atoms with van der Waals surface area (Å²) in [7, 11) is 0. The number of nitrogens with one attached hydrogen (secondary N) is 2. The van der Waals surface area contributed by atoms with Crippen molar-refractivity contribution in [1.29, 1.82) is 0 Å². The minimum Gasteiger partial charge on any atom is -0.314 e. The quantitative estimate of drug-likeness (QED) is 0.710. The standard InChI is InChI=1S/C14H21FN2/c1-11-3-6-14(15)12(9-11)10-16-7-2-8-17-13-4-5-13/h3,6,9,13,16-17H,2,4-5,7-8,10H2,1H3. The van der Waals surface area contributed by atoms with Crippen molar-refractivity contribution < 1.29 is 4.39 Å². The zero-order valence-electron chi connectivity index (χ0n) is 10.4. The Morgan fingerprint density at radius 3 is 2.88 bits per heavy atom. The molecule has 0 radical (unpaired) electrons. The first kappa shape index (κ1) is 12.5. The molecule has 2 nitrogen and oxygen atoms in total.